The van der Waals surface area contributed by atoms with Crippen LogP contribution in [-0.2, 0) is 6.42 Å². The highest BCUT2D eigenvalue weighted by molar-refractivity contribution is 9.09. The molecule has 1 aromatic rings. The van der Waals surface area contributed by atoms with Gasteiger partial charge in [-0.05, 0) is 38.3 Å². The molecule has 0 bridgehead atoms. The van der Waals surface area contributed by atoms with Crippen molar-refractivity contribution in [1.82, 2.24) is 0 Å². The highest BCUT2D eigenvalue weighted by atomic mass is 79.9. The second-order valence-corrected chi connectivity index (χ2v) is 4.36. The maximum absolute atomic E-state index is 5.73. The molecule has 0 unspecified atom stereocenters. The van der Waals surface area contributed by atoms with Gasteiger partial charge in [-0.1, -0.05) is 34.1 Å². The highest BCUT2D eigenvalue weighted by Gasteiger charge is 2.03. The third-order valence-electron chi connectivity index (χ3n) is 1.92. The average Bonchev–Trinajstić information content (AvgIpc) is 2.16. The fourth-order valence-corrected chi connectivity index (χ4v) is 1.62. The summed E-state index contributed by atoms with van der Waals surface area (Å²) >= 11 is 3.44. The molecule has 0 saturated heterocycles. The zero-order valence-electron chi connectivity index (χ0n) is 8.79. The molecule has 14 heavy (non-hydrogen) atoms. The van der Waals surface area contributed by atoms with E-state index in [1.807, 2.05) is 12.1 Å². The van der Waals surface area contributed by atoms with E-state index >= 15 is 0 Å². The van der Waals surface area contributed by atoms with Gasteiger partial charge in [-0.3, -0.25) is 0 Å². The molecule has 0 heterocycles. The van der Waals surface area contributed by atoms with Crippen LogP contribution in [0, 0.1) is 0 Å². The first-order valence-corrected chi connectivity index (χ1v) is 6.16. The van der Waals surface area contributed by atoms with Gasteiger partial charge in [0.05, 0.1) is 6.10 Å². The molecular formula is C12H17BrO. The lowest BCUT2D eigenvalue weighted by Gasteiger charge is -2.13. The predicted molar refractivity (Wildman–Crippen MR) is 64.3 cm³/mol. The van der Waals surface area contributed by atoms with Crippen molar-refractivity contribution in [3.63, 3.8) is 0 Å². The summed E-state index contributed by atoms with van der Waals surface area (Å²) in [5.74, 6) is 1.03. The summed E-state index contributed by atoms with van der Waals surface area (Å²) in [6.07, 6.45) is 2.48. The van der Waals surface area contributed by atoms with Gasteiger partial charge in [-0.2, -0.15) is 0 Å². The Labute approximate surface area is 94.6 Å². The van der Waals surface area contributed by atoms with Gasteiger partial charge in [0.15, 0.2) is 0 Å². The van der Waals surface area contributed by atoms with Crippen molar-refractivity contribution >= 4 is 15.9 Å². The normalized spacial score (nSPS) is 10.6. The first-order chi connectivity index (χ1) is 6.74. The maximum Gasteiger partial charge on any atom is 0.122 e. The Kier molecular flexibility index (Phi) is 5.02. The number of para-hydroxylation sites is 1. The van der Waals surface area contributed by atoms with Crippen molar-refractivity contribution in [3.05, 3.63) is 29.8 Å². The van der Waals surface area contributed by atoms with Crippen molar-refractivity contribution in [1.29, 1.82) is 0 Å². The minimum Gasteiger partial charge on any atom is -0.491 e. The summed E-state index contributed by atoms with van der Waals surface area (Å²) < 4.78 is 5.73. The SMILES string of the molecule is CC(C)Oc1ccccc1CCCBr. The summed E-state index contributed by atoms with van der Waals surface area (Å²) in [5.41, 5.74) is 1.31. The first kappa shape index (κ1) is 11.6. The molecule has 0 spiro atoms. The Morgan fingerprint density at radius 3 is 2.64 bits per heavy atom. The van der Waals surface area contributed by atoms with E-state index in [1.165, 1.54) is 5.56 Å². The number of ether oxygens (including phenoxy) is 1. The van der Waals surface area contributed by atoms with Gasteiger partial charge in [-0.15, -0.1) is 0 Å². The molecule has 2 heteroatoms. The van der Waals surface area contributed by atoms with Crippen LogP contribution in [0.3, 0.4) is 0 Å². The molecule has 78 valence electrons. The van der Waals surface area contributed by atoms with Crippen LogP contribution in [0.1, 0.15) is 25.8 Å². The number of halogens is 1. The third kappa shape index (κ3) is 3.70. The lowest BCUT2D eigenvalue weighted by molar-refractivity contribution is 0.240. The predicted octanol–water partition coefficient (Wildman–Crippen LogP) is 3.80. The van der Waals surface area contributed by atoms with Crippen LogP contribution < -0.4 is 4.74 Å². The van der Waals surface area contributed by atoms with E-state index in [4.69, 9.17) is 4.74 Å². The zero-order valence-corrected chi connectivity index (χ0v) is 10.4. The van der Waals surface area contributed by atoms with Crippen LogP contribution >= 0.6 is 15.9 Å². The van der Waals surface area contributed by atoms with Crippen LogP contribution in [-0.4, -0.2) is 11.4 Å². The van der Waals surface area contributed by atoms with Crippen LogP contribution in [0.4, 0.5) is 0 Å². The van der Waals surface area contributed by atoms with Crippen molar-refractivity contribution in [2.75, 3.05) is 5.33 Å². The number of hydrogen-bond donors (Lipinski definition) is 0. The number of hydrogen-bond acceptors (Lipinski definition) is 1. The number of alkyl halides is 1. The van der Waals surface area contributed by atoms with Crippen LogP contribution in [0.2, 0.25) is 0 Å². The quantitative estimate of drug-likeness (QED) is 0.729. The van der Waals surface area contributed by atoms with Crippen molar-refractivity contribution in [2.45, 2.75) is 32.8 Å². The molecule has 1 rings (SSSR count). The minimum atomic E-state index is 0.250. The lowest BCUT2D eigenvalue weighted by Crippen LogP contribution is -2.07. The number of benzene rings is 1. The van der Waals surface area contributed by atoms with Gasteiger partial charge < -0.3 is 4.74 Å². The molecule has 0 radical (unpaired) electrons. The van der Waals surface area contributed by atoms with Gasteiger partial charge in [0.1, 0.15) is 5.75 Å². The molecule has 1 nitrogen and oxygen atoms in total. The zero-order chi connectivity index (χ0) is 10.4. The van der Waals surface area contributed by atoms with Gasteiger partial charge in [0, 0.05) is 5.33 Å². The standard InChI is InChI=1S/C12H17BrO/c1-10(2)14-12-8-4-3-6-11(12)7-5-9-13/h3-4,6,8,10H,5,7,9H2,1-2H3. The Bertz CT molecular complexity index is 271. The van der Waals surface area contributed by atoms with Crippen molar-refractivity contribution in [2.24, 2.45) is 0 Å². The molecule has 0 aromatic heterocycles. The molecule has 0 saturated carbocycles. The van der Waals surface area contributed by atoms with E-state index < -0.39 is 0 Å². The summed E-state index contributed by atoms with van der Waals surface area (Å²) in [6.45, 7) is 4.11. The smallest absolute Gasteiger partial charge is 0.122 e. The van der Waals surface area contributed by atoms with Crippen molar-refractivity contribution < 1.29 is 4.74 Å². The van der Waals surface area contributed by atoms with Crippen LogP contribution in [0.25, 0.3) is 0 Å². The molecule has 0 aliphatic heterocycles. The number of rotatable bonds is 5. The largest absolute Gasteiger partial charge is 0.491 e. The van der Waals surface area contributed by atoms with Crippen LogP contribution in [0.15, 0.2) is 24.3 Å². The molecule has 0 atom stereocenters. The van der Waals surface area contributed by atoms with Gasteiger partial charge in [-0.25, -0.2) is 0 Å². The van der Waals surface area contributed by atoms with E-state index in [9.17, 15) is 0 Å². The summed E-state index contributed by atoms with van der Waals surface area (Å²) in [6, 6.07) is 8.27. The fourth-order valence-electron chi connectivity index (χ4n) is 1.34. The molecule has 1 aromatic carbocycles. The first-order valence-electron chi connectivity index (χ1n) is 5.04. The Morgan fingerprint density at radius 2 is 2.00 bits per heavy atom. The average molecular weight is 257 g/mol. The molecular weight excluding hydrogens is 240 g/mol. The molecule has 0 fully saturated rings. The summed E-state index contributed by atoms with van der Waals surface area (Å²) in [7, 11) is 0. The van der Waals surface area contributed by atoms with Gasteiger partial charge in [0.2, 0.25) is 0 Å². The Hall–Kier alpha value is -0.500. The van der Waals surface area contributed by atoms with E-state index in [0.29, 0.717) is 0 Å². The van der Waals surface area contributed by atoms with Gasteiger partial charge in [0.25, 0.3) is 0 Å². The summed E-state index contributed by atoms with van der Waals surface area (Å²) in [4.78, 5) is 0. The highest BCUT2D eigenvalue weighted by Crippen LogP contribution is 2.20. The molecule has 0 aliphatic rings. The second kappa shape index (κ2) is 6.07. The van der Waals surface area contributed by atoms with E-state index in [0.717, 1.165) is 23.9 Å². The van der Waals surface area contributed by atoms with E-state index in [-0.39, 0.29) is 6.10 Å². The monoisotopic (exact) mass is 256 g/mol. The molecule has 0 amide bonds. The molecule has 0 N–H and O–H groups in total. The lowest BCUT2D eigenvalue weighted by atomic mass is 10.1. The third-order valence-corrected chi connectivity index (χ3v) is 2.48. The second-order valence-electron chi connectivity index (χ2n) is 3.57. The Balaban J connectivity index is 2.69. The van der Waals surface area contributed by atoms with E-state index in [1.54, 1.807) is 0 Å². The minimum absolute atomic E-state index is 0.250. The topological polar surface area (TPSA) is 9.23 Å². The van der Waals surface area contributed by atoms with Gasteiger partial charge >= 0.3 is 0 Å². The fraction of sp³-hybridized carbons (Fsp3) is 0.500. The summed E-state index contributed by atoms with van der Waals surface area (Å²) in [5, 5.41) is 1.04. The molecule has 0 aliphatic carbocycles. The maximum atomic E-state index is 5.73. The van der Waals surface area contributed by atoms with Crippen LogP contribution in [0.5, 0.6) is 5.75 Å². The Morgan fingerprint density at radius 1 is 1.29 bits per heavy atom. The number of aryl methyl sites for hydroxylation is 1. The van der Waals surface area contributed by atoms with E-state index in [2.05, 4.69) is 41.9 Å². The van der Waals surface area contributed by atoms with Crippen molar-refractivity contribution in [3.8, 4) is 5.75 Å².